The molecule has 0 saturated carbocycles. The standard InChI is InChI=1S/C22H25FN4O3/c1-27-12-18(26-14-27)9-20(22(24)28)25-11-16-6-7-19(10-21(16)29-2)30-13-15-4-3-5-17(23)8-15/h3-8,10,12,14,20,25H,9,11,13H2,1-2H3,(H2,24,28). The first-order valence-electron chi connectivity index (χ1n) is 9.48. The van der Waals surface area contributed by atoms with E-state index in [0.717, 1.165) is 16.8 Å². The molecule has 7 nitrogen and oxygen atoms in total. The Labute approximate surface area is 174 Å². The van der Waals surface area contributed by atoms with Crippen LogP contribution in [0, 0.1) is 5.82 Å². The van der Waals surface area contributed by atoms with E-state index in [1.165, 1.54) is 12.1 Å². The minimum Gasteiger partial charge on any atom is -0.496 e. The van der Waals surface area contributed by atoms with Gasteiger partial charge in [0.05, 0.1) is 25.2 Å². The molecule has 0 fully saturated rings. The Bertz CT molecular complexity index is 1010. The molecule has 1 amide bonds. The highest BCUT2D eigenvalue weighted by Crippen LogP contribution is 2.25. The van der Waals surface area contributed by atoms with Crippen molar-refractivity contribution < 1.29 is 18.7 Å². The highest BCUT2D eigenvalue weighted by Gasteiger charge is 2.18. The van der Waals surface area contributed by atoms with Crippen molar-refractivity contribution in [1.29, 1.82) is 0 Å². The zero-order valence-electron chi connectivity index (χ0n) is 17.0. The van der Waals surface area contributed by atoms with Crippen molar-refractivity contribution in [3.05, 3.63) is 77.6 Å². The number of aromatic nitrogens is 2. The fourth-order valence-corrected chi connectivity index (χ4v) is 3.04. The van der Waals surface area contributed by atoms with Crippen molar-refractivity contribution in [2.75, 3.05) is 7.11 Å². The number of primary amides is 1. The third-order valence-corrected chi connectivity index (χ3v) is 4.61. The zero-order valence-corrected chi connectivity index (χ0v) is 17.0. The molecule has 1 aromatic heterocycles. The molecule has 0 spiro atoms. The first-order valence-corrected chi connectivity index (χ1v) is 9.48. The van der Waals surface area contributed by atoms with E-state index in [4.69, 9.17) is 15.2 Å². The fraction of sp³-hybridized carbons (Fsp3) is 0.273. The molecule has 0 aliphatic heterocycles. The van der Waals surface area contributed by atoms with Crippen LogP contribution in [0.15, 0.2) is 55.0 Å². The van der Waals surface area contributed by atoms with Crippen LogP contribution in [0.5, 0.6) is 11.5 Å². The van der Waals surface area contributed by atoms with Crippen LogP contribution in [0.1, 0.15) is 16.8 Å². The molecular formula is C22H25FN4O3. The van der Waals surface area contributed by atoms with Gasteiger partial charge in [0, 0.05) is 37.8 Å². The molecule has 2 aromatic carbocycles. The predicted molar refractivity (Wildman–Crippen MR) is 110 cm³/mol. The van der Waals surface area contributed by atoms with Gasteiger partial charge in [0.15, 0.2) is 0 Å². The summed E-state index contributed by atoms with van der Waals surface area (Å²) in [7, 11) is 3.43. The zero-order chi connectivity index (χ0) is 21.5. The SMILES string of the molecule is COc1cc(OCc2cccc(F)c2)ccc1CNC(Cc1cn(C)cn1)C(N)=O. The van der Waals surface area contributed by atoms with Crippen LogP contribution in [-0.4, -0.2) is 28.6 Å². The van der Waals surface area contributed by atoms with E-state index < -0.39 is 11.9 Å². The number of imidazole rings is 1. The molecule has 0 aliphatic carbocycles. The first-order chi connectivity index (χ1) is 14.4. The van der Waals surface area contributed by atoms with Gasteiger partial charge in [0.1, 0.15) is 23.9 Å². The van der Waals surface area contributed by atoms with Gasteiger partial charge in [-0.25, -0.2) is 9.37 Å². The first kappa shape index (κ1) is 21.3. The molecule has 0 aliphatic rings. The summed E-state index contributed by atoms with van der Waals surface area (Å²) in [6, 6.07) is 11.1. The number of hydrogen-bond donors (Lipinski definition) is 2. The molecule has 30 heavy (non-hydrogen) atoms. The van der Waals surface area contributed by atoms with Gasteiger partial charge < -0.3 is 25.1 Å². The second-order valence-corrected chi connectivity index (χ2v) is 6.96. The number of aryl methyl sites for hydroxylation is 1. The number of nitrogens with one attached hydrogen (secondary N) is 1. The summed E-state index contributed by atoms with van der Waals surface area (Å²) in [5, 5.41) is 3.17. The number of halogens is 1. The van der Waals surface area contributed by atoms with Crippen molar-refractivity contribution >= 4 is 5.91 Å². The van der Waals surface area contributed by atoms with Gasteiger partial charge in [-0.05, 0) is 23.8 Å². The van der Waals surface area contributed by atoms with Crippen LogP contribution >= 0.6 is 0 Å². The van der Waals surface area contributed by atoms with Crippen LogP contribution in [0.3, 0.4) is 0 Å². The molecule has 1 heterocycles. The van der Waals surface area contributed by atoms with Crippen LogP contribution in [0.4, 0.5) is 4.39 Å². The van der Waals surface area contributed by atoms with E-state index in [9.17, 15) is 9.18 Å². The van der Waals surface area contributed by atoms with Crippen molar-refractivity contribution in [3.63, 3.8) is 0 Å². The van der Waals surface area contributed by atoms with Gasteiger partial charge in [-0.1, -0.05) is 18.2 Å². The van der Waals surface area contributed by atoms with E-state index in [0.29, 0.717) is 24.5 Å². The number of nitrogens with two attached hydrogens (primary N) is 1. The second-order valence-electron chi connectivity index (χ2n) is 6.96. The van der Waals surface area contributed by atoms with Crippen LogP contribution in [0.25, 0.3) is 0 Å². The number of carbonyl (C=O) groups excluding carboxylic acids is 1. The summed E-state index contributed by atoms with van der Waals surface area (Å²) in [5.41, 5.74) is 7.91. The average molecular weight is 412 g/mol. The quantitative estimate of drug-likeness (QED) is 0.533. The maximum atomic E-state index is 13.3. The smallest absolute Gasteiger partial charge is 0.234 e. The topological polar surface area (TPSA) is 91.4 Å². The Hall–Kier alpha value is -3.39. The van der Waals surface area contributed by atoms with Gasteiger partial charge in [0.2, 0.25) is 5.91 Å². The van der Waals surface area contributed by atoms with Gasteiger partial charge >= 0.3 is 0 Å². The number of hydrogen-bond acceptors (Lipinski definition) is 5. The monoisotopic (exact) mass is 412 g/mol. The largest absolute Gasteiger partial charge is 0.496 e. The summed E-state index contributed by atoms with van der Waals surface area (Å²) in [6.45, 7) is 0.625. The highest BCUT2D eigenvalue weighted by molar-refractivity contribution is 5.80. The lowest BCUT2D eigenvalue weighted by molar-refractivity contribution is -0.120. The Kier molecular flexibility index (Phi) is 7.03. The lowest BCUT2D eigenvalue weighted by atomic mass is 10.1. The van der Waals surface area contributed by atoms with Crippen LogP contribution < -0.4 is 20.5 Å². The number of ether oxygens (including phenoxy) is 2. The maximum Gasteiger partial charge on any atom is 0.234 e. The van der Waals surface area contributed by atoms with Gasteiger partial charge in [-0.2, -0.15) is 0 Å². The molecule has 0 radical (unpaired) electrons. The lowest BCUT2D eigenvalue weighted by Gasteiger charge is -2.17. The van der Waals surface area contributed by atoms with Gasteiger partial charge in [-0.3, -0.25) is 4.79 Å². The van der Waals surface area contributed by atoms with E-state index in [1.54, 1.807) is 37.7 Å². The van der Waals surface area contributed by atoms with Crippen LogP contribution in [0.2, 0.25) is 0 Å². The molecule has 3 aromatic rings. The maximum absolute atomic E-state index is 13.3. The average Bonchev–Trinajstić information content (AvgIpc) is 3.14. The van der Waals surface area contributed by atoms with E-state index >= 15 is 0 Å². The molecule has 1 atom stereocenters. The molecule has 8 heteroatoms. The molecule has 3 rings (SSSR count). The molecule has 3 N–H and O–H groups in total. The van der Waals surface area contributed by atoms with E-state index in [1.807, 2.05) is 23.9 Å². The fourth-order valence-electron chi connectivity index (χ4n) is 3.04. The minimum absolute atomic E-state index is 0.242. The molecular weight excluding hydrogens is 387 g/mol. The number of methoxy groups -OCH3 is 1. The van der Waals surface area contributed by atoms with Gasteiger partial charge in [-0.15, -0.1) is 0 Å². The minimum atomic E-state index is -0.562. The summed E-state index contributed by atoms with van der Waals surface area (Å²) in [6.07, 6.45) is 3.93. The second kappa shape index (κ2) is 9.89. The molecule has 0 saturated heterocycles. The molecule has 1 unspecified atom stereocenters. The van der Waals surface area contributed by atoms with Gasteiger partial charge in [0.25, 0.3) is 0 Å². The Morgan fingerprint density at radius 3 is 2.80 bits per heavy atom. The van der Waals surface area contributed by atoms with Crippen LogP contribution in [-0.2, 0) is 31.4 Å². The third kappa shape index (κ3) is 5.81. The van der Waals surface area contributed by atoms with E-state index in [2.05, 4.69) is 10.3 Å². The number of rotatable bonds is 10. The Morgan fingerprint density at radius 1 is 1.30 bits per heavy atom. The molecule has 158 valence electrons. The number of carbonyl (C=O) groups is 1. The number of amides is 1. The Morgan fingerprint density at radius 2 is 2.13 bits per heavy atom. The van der Waals surface area contributed by atoms with Crippen molar-refractivity contribution in [3.8, 4) is 11.5 Å². The summed E-state index contributed by atoms with van der Waals surface area (Å²) in [5.74, 6) is 0.458. The highest BCUT2D eigenvalue weighted by atomic mass is 19.1. The van der Waals surface area contributed by atoms with E-state index in [-0.39, 0.29) is 12.4 Å². The molecule has 0 bridgehead atoms. The number of benzene rings is 2. The summed E-state index contributed by atoms with van der Waals surface area (Å²) >= 11 is 0. The Balaban J connectivity index is 1.62. The van der Waals surface area contributed by atoms with Crippen molar-refractivity contribution in [1.82, 2.24) is 14.9 Å². The lowest BCUT2D eigenvalue weighted by Crippen LogP contribution is -2.42. The summed E-state index contributed by atoms with van der Waals surface area (Å²) < 4.78 is 26.3. The normalized spacial score (nSPS) is 11.8. The predicted octanol–water partition coefficient (Wildman–Crippen LogP) is 2.33. The third-order valence-electron chi connectivity index (χ3n) is 4.61. The number of nitrogens with zero attached hydrogens (tertiary/aromatic N) is 2. The summed E-state index contributed by atoms with van der Waals surface area (Å²) in [4.78, 5) is 16.1. The van der Waals surface area contributed by atoms with Crippen molar-refractivity contribution in [2.24, 2.45) is 12.8 Å². The van der Waals surface area contributed by atoms with Crippen molar-refractivity contribution in [2.45, 2.75) is 25.6 Å².